The van der Waals surface area contributed by atoms with E-state index in [2.05, 4.69) is 15.6 Å². The molecule has 126 valence electrons. The second-order valence-electron chi connectivity index (χ2n) is 7.47. The van der Waals surface area contributed by atoms with Crippen LogP contribution in [0.3, 0.4) is 0 Å². The van der Waals surface area contributed by atoms with Crippen LogP contribution in [0.25, 0.3) is 0 Å². The van der Waals surface area contributed by atoms with Crippen molar-refractivity contribution in [3.05, 3.63) is 18.2 Å². The third kappa shape index (κ3) is 3.22. The van der Waals surface area contributed by atoms with E-state index in [-0.39, 0.29) is 18.2 Å². The zero-order valence-electron chi connectivity index (χ0n) is 13.8. The molecule has 2 N–H and O–H groups in total. The summed E-state index contributed by atoms with van der Waals surface area (Å²) >= 11 is 0. The van der Waals surface area contributed by atoms with Gasteiger partial charge < -0.3 is 19.9 Å². The van der Waals surface area contributed by atoms with Gasteiger partial charge >= 0.3 is 6.03 Å². The molecule has 1 aromatic rings. The van der Waals surface area contributed by atoms with Crippen molar-refractivity contribution >= 4 is 6.03 Å². The first-order valence-corrected chi connectivity index (χ1v) is 8.78. The number of aryl methyl sites for hydroxylation is 1. The van der Waals surface area contributed by atoms with E-state index in [0.717, 1.165) is 31.0 Å². The van der Waals surface area contributed by atoms with E-state index in [1.54, 1.807) is 6.33 Å². The Morgan fingerprint density at radius 2 is 2.26 bits per heavy atom. The molecule has 1 aromatic heterocycles. The lowest BCUT2D eigenvalue weighted by atomic mass is 10.0. The Balaban J connectivity index is 1.26. The van der Waals surface area contributed by atoms with Crippen molar-refractivity contribution in [2.24, 2.45) is 18.4 Å². The largest absolute Gasteiger partial charge is 0.372 e. The molecule has 2 amide bonds. The van der Waals surface area contributed by atoms with Gasteiger partial charge in [-0.25, -0.2) is 9.78 Å². The number of hydrogen-bond acceptors (Lipinski definition) is 3. The minimum Gasteiger partial charge on any atom is -0.372 e. The fourth-order valence-electron chi connectivity index (χ4n) is 3.89. The topological polar surface area (TPSA) is 68.2 Å². The number of ether oxygens (including phenoxy) is 1. The van der Waals surface area contributed by atoms with Gasteiger partial charge in [0, 0.05) is 26.2 Å². The molecule has 3 aliphatic rings. The van der Waals surface area contributed by atoms with Crippen LogP contribution in [0, 0.1) is 11.3 Å². The van der Waals surface area contributed by atoms with Crippen molar-refractivity contribution in [2.45, 2.75) is 50.7 Å². The number of hydrogen-bond donors (Lipinski definition) is 2. The Bertz CT molecular complexity index is 577. The number of imidazole rings is 1. The molecule has 2 unspecified atom stereocenters. The number of carbonyl (C=O) groups excluding carboxylic acids is 1. The van der Waals surface area contributed by atoms with E-state index in [1.165, 1.54) is 25.7 Å². The molecule has 2 aliphatic carbocycles. The van der Waals surface area contributed by atoms with Gasteiger partial charge in [0.1, 0.15) is 6.10 Å². The number of carbonyl (C=O) groups is 1. The lowest BCUT2D eigenvalue weighted by Crippen LogP contribution is -2.46. The molecule has 6 heteroatoms. The second kappa shape index (κ2) is 5.82. The fraction of sp³-hybridized carbons (Fsp3) is 0.765. The van der Waals surface area contributed by atoms with Crippen LogP contribution in [0.15, 0.2) is 12.5 Å². The number of nitrogens with zero attached hydrogens (tertiary/aromatic N) is 2. The van der Waals surface area contributed by atoms with Crippen LogP contribution < -0.4 is 10.6 Å². The van der Waals surface area contributed by atoms with E-state index >= 15 is 0 Å². The number of urea groups is 1. The first-order valence-electron chi connectivity index (χ1n) is 8.78. The highest BCUT2D eigenvalue weighted by atomic mass is 16.5. The van der Waals surface area contributed by atoms with Crippen LogP contribution >= 0.6 is 0 Å². The van der Waals surface area contributed by atoms with Crippen molar-refractivity contribution in [3.63, 3.8) is 0 Å². The molecule has 2 saturated carbocycles. The lowest BCUT2D eigenvalue weighted by molar-refractivity contribution is -0.00180. The third-order valence-electron chi connectivity index (χ3n) is 5.74. The summed E-state index contributed by atoms with van der Waals surface area (Å²) in [6.45, 7) is 1.52. The van der Waals surface area contributed by atoms with E-state index < -0.39 is 0 Å². The van der Waals surface area contributed by atoms with Crippen LogP contribution in [-0.4, -0.2) is 34.8 Å². The quantitative estimate of drug-likeness (QED) is 0.874. The molecule has 2 heterocycles. The van der Waals surface area contributed by atoms with Gasteiger partial charge in [-0.2, -0.15) is 0 Å². The first-order chi connectivity index (χ1) is 11.2. The van der Waals surface area contributed by atoms with Crippen molar-refractivity contribution in [3.8, 4) is 0 Å². The van der Waals surface area contributed by atoms with E-state index in [4.69, 9.17) is 4.74 Å². The van der Waals surface area contributed by atoms with Gasteiger partial charge in [0.25, 0.3) is 0 Å². The predicted octanol–water partition coefficient (Wildman–Crippen LogP) is 2.13. The molecule has 3 fully saturated rings. The average Bonchev–Trinajstić information content (AvgIpc) is 3.44. The van der Waals surface area contributed by atoms with Crippen LogP contribution in [0.4, 0.5) is 4.79 Å². The highest BCUT2D eigenvalue weighted by Gasteiger charge is 2.53. The summed E-state index contributed by atoms with van der Waals surface area (Å²) in [5.74, 6) is 0.875. The first kappa shape index (κ1) is 15.0. The minimum absolute atomic E-state index is 0.0165. The minimum atomic E-state index is -0.0208. The number of aromatic nitrogens is 2. The number of nitrogens with one attached hydrogen (secondary N) is 2. The van der Waals surface area contributed by atoms with Gasteiger partial charge in [0.15, 0.2) is 0 Å². The summed E-state index contributed by atoms with van der Waals surface area (Å²) in [5, 5.41) is 6.24. The molecule has 0 bridgehead atoms. The van der Waals surface area contributed by atoms with Gasteiger partial charge in [-0.3, -0.25) is 0 Å². The van der Waals surface area contributed by atoms with Gasteiger partial charge in [-0.1, -0.05) is 0 Å². The third-order valence-corrected chi connectivity index (χ3v) is 5.74. The second-order valence-corrected chi connectivity index (χ2v) is 7.47. The predicted molar refractivity (Wildman–Crippen MR) is 85.8 cm³/mol. The maximum absolute atomic E-state index is 12.2. The number of amides is 2. The molecule has 1 saturated heterocycles. The molecule has 4 rings (SSSR count). The van der Waals surface area contributed by atoms with Gasteiger partial charge in [0.2, 0.25) is 0 Å². The highest BCUT2D eigenvalue weighted by Crippen LogP contribution is 2.60. The summed E-state index contributed by atoms with van der Waals surface area (Å²) in [7, 11) is 1.97. The Morgan fingerprint density at radius 3 is 2.91 bits per heavy atom. The van der Waals surface area contributed by atoms with Gasteiger partial charge in [-0.15, -0.1) is 0 Å². The normalized spacial score (nSPS) is 29.1. The highest BCUT2D eigenvalue weighted by molar-refractivity contribution is 5.74. The summed E-state index contributed by atoms with van der Waals surface area (Å²) < 4.78 is 7.83. The van der Waals surface area contributed by atoms with Crippen LogP contribution in [0.5, 0.6) is 0 Å². The Morgan fingerprint density at radius 1 is 1.43 bits per heavy atom. The van der Waals surface area contributed by atoms with Crippen molar-refractivity contribution in [1.82, 2.24) is 20.2 Å². The maximum Gasteiger partial charge on any atom is 0.315 e. The summed E-state index contributed by atoms with van der Waals surface area (Å²) in [5.41, 5.74) is 1.52. The van der Waals surface area contributed by atoms with E-state index in [9.17, 15) is 4.79 Å². The SMILES string of the molecule is Cn1cncc1C1CC(NC(=O)NCC2(C3CC3)CC2)CCO1. The summed E-state index contributed by atoms with van der Waals surface area (Å²) in [4.78, 5) is 16.4. The lowest BCUT2D eigenvalue weighted by Gasteiger charge is -2.30. The molecule has 2 atom stereocenters. The Kier molecular flexibility index (Phi) is 3.79. The molecule has 0 radical (unpaired) electrons. The van der Waals surface area contributed by atoms with Gasteiger partial charge in [0.05, 0.1) is 18.2 Å². The fourth-order valence-corrected chi connectivity index (χ4v) is 3.89. The molecular formula is C17H26N4O2. The number of rotatable bonds is 5. The molecular weight excluding hydrogens is 292 g/mol. The van der Waals surface area contributed by atoms with Crippen LogP contribution in [-0.2, 0) is 11.8 Å². The van der Waals surface area contributed by atoms with E-state index in [1.807, 2.05) is 17.8 Å². The molecule has 0 aromatic carbocycles. The van der Waals surface area contributed by atoms with E-state index in [0.29, 0.717) is 12.0 Å². The Labute approximate surface area is 137 Å². The molecule has 6 nitrogen and oxygen atoms in total. The smallest absolute Gasteiger partial charge is 0.315 e. The zero-order valence-corrected chi connectivity index (χ0v) is 13.8. The van der Waals surface area contributed by atoms with Crippen molar-refractivity contribution in [2.75, 3.05) is 13.2 Å². The van der Waals surface area contributed by atoms with Crippen molar-refractivity contribution < 1.29 is 9.53 Å². The monoisotopic (exact) mass is 318 g/mol. The molecule has 23 heavy (non-hydrogen) atoms. The Hall–Kier alpha value is -1.56. The van der Waals surface area contributed by atoms with Gasteiger partial charge in [-0.05, 0) is 49.9 Å². The standard InChI is InChI=1S/C17H26N4O2/c1-21-11-18-9-14(21)15-8-13(4-7-23-15)20-16(22)19-10-17(5-6-17)12-2-3-12/h9,11-13,15H,2-8,10H2,1H3,(H2,19,20,22). The van der Waals surface area contributed by atoms with Crippen LogP contribution in [0.2, 0.25) is 0 Å². The zero-order chi connectivity index (χ0) is 15.9. The average molecular weight is 318 g/mol. The van der Waals surface area contributed by atoms with Crippen LogP contribution in [0.1, 0.15) is 50.3 Å². The maximum atomic E-state index is 12.2. The summed E-state index contributed by atoms with van der Waals surface area (Å²) in [6.07, 6.45) is 10.6. The molecule has 1 aliphatic heterocycles. The molecule has 0 spiro atoms. The summed E-state index contributed by atoms with van der Waals surface area (Å²) in [6, 6.07) is 0.146. The van der Waals surface area contributed by atoms with Crippen molar-refractivity contribution in [1.29, 1.82) is 0 Å².